The molecule has 0 saturated carbocycles. The first-order chi connectivity index (χ1) is 12.1. The number of hydrogen-bond acceptors (Lipinski definition) is 4. The monoisotopic (exact) mass is 378 g/mol. The Labute approximate surface area is 157 Å². The van der Waals surface area contributed by atoms with Gasteiger partial charge >= 0.3 is 0 Å². The molecule has 0 bridgehead atoms. The number of amides is 1. The molecule has 132 valence electrons. The maximum Gasteiger partial charge on any atom is 0.261 e. The second-order valence-electron chi connectivity index (χ2n) is 4.93. The number of rotatable bonds is 7. The Kier molecular flexibility index (Phi) is 7.66. The molecule has 0 atom stereocenters. The van der Waals surface area contributed by atoms with Crippen LogP contribution in [0.1, 0.15) is 17.3 Å². The molecule has 0 aromatic heterocycles. The van der Waals surface area contributed by atoms with Crippen LogP contribution in [0.2, 0.25) is 5.02 Å². The quantitative estimate of drug-likeness (QED) is 0.565. The molecule has 0 spiro atoms. The van der Waals surface area contributed by atoms with Gasteiger partial charge in [-0.2, -0.15) is 0 Å². The lowest BCUT2D eigenvalue weighted by Gasteiger charge is -2.13. The molecule has 0 saturated heterocycles. The van der Waals surface area contributed by atoms with E-state index in [1.165, 1.54) is 0 Å². The summed E-state index contributed by atoms with van der Waals surface area (Å²) in [6.45, 7) is 3.35. The minimum absolute atomic E-state index is 0.155. The average Bonchev–Trinajstić information content (AvgIpc) is 2.61. The van der Waals surface area contributed by atoms with E-state index in [0.717, 1.165) is 0 Å². The van der Waals surface area contributed by atoms with Gasteiger partial charge in [-0.05, 0) is 43.4 Å². The van der Waals surface area contributed by atoms with Crippen molar-refractivity contribution >= 4 is 40.5 Å². The Morgan fingerprint density at radius 1 is 1.12 bits per heavy atom. The molecule has 0 unspecified atom stereocenters. The van der Waals surface area contributed by atoms with Crippen molar-refractivity contribution < 1.29 is 14.3 Å². The van der Waals surface area contributed by atoms with E-state index in [4.69, 9.17) is 33.3 Å². The normalized spacial score (nSPS) is 10.2. The van der Waals surface area contributed by atoms with E-state index >= 15 is 0 Å². The SMILES string of the molecule is CCOCCOc1ccccc1C(=O)NC(=S)Nc1ccccc1Cl. The molecule has 5 nitrogen and oxygen atoms in total. The number of para-hydroxylation sites is 2. The van der Waals surface area contributed by atoms with Crippen LogP contribution in [0.15, 0.2) is 48.5 Å². The molecule has 2 aromatic rings. The van der Waals surface area contributed by atoms with E-state index < -0.39 is 0 Å². The van der Waals surface area contributed by atoms with Crippen LogP contribution in [0.3, 0.4) is 0 Å². The summed E-state index contributed by atoms with van der Waals surface area (Å²) in [5.74, 6) is 0.108. The van der Waals surface area contributed by atoms with E-state index in [1.54, 1.807) is 36.4 Å². The van der Waals surface area contributed by atoms with E-state index in [1.807, 2.05) is 19.1 Å². The van der Waals surface area contributed by atoms with Gasteiger partial charge in [0.05, 0.1) is 22.9 Å². The van der Waals surface area contributed by atoms with E-state index in [9.17, 15) is 4.79 Å². The molecular weight excluding hydrogens is 360 g/mol. The lowest BCUT2D eigenvalue weighted by molar-refractivity contribution is 0.0958. The van der Waals surface area contributed by atoms with Crippen molar-refractivity contribution in [2.75, 3.05) is 25.1 Å². The van der Waals surface area contributed by atoms with Crippen molar-refractivity contribution in [3.8, 4) is 5.75 Å². The average molecular weight is 379 g/mol. The van der Waals surface area contributed by atoms with Crippen LogP contribution in [-0.4, -0.2) is 30.8 Å². The highest BCUT2D eigenvalue weighted by Gasteiger charge is 2.14. The highest BCUT2D eigenvalue weighted by molar-refractivity contribution is 7.80. The number of hydrogen-bond donors (Lipinski definition) is 2. The zero-order chi connectivity index (χ0) is 18.1. The van der Waals surface area contributed by atoms with Crippen LogP contribution >= 0.6 is 23.8 Å². The molecule has 2 rings (SSSR count). The summed E-state index contributed by atoms with van der Waals surface area (Å²) in [5, 5.41) is 6.19. The number of carbonyl (C=O) groups is 1. The third kappa shape index (κ3) is 6.01. The molecule has 0 fully saturated rings. The third-order valence-electron chi connectivity index (χ3n) is 3.17. The lowest BCUT2D eigenvalue weighted by atomic mass is 10.2. The van der Waals surface area contributed by atoms with Gasteiger partial charge in [-0.1, -0.05) is 35.9 Å². The van der Waals surface area contributed by atoms with Crippen molar-refractivity contribution in [3.05, 3.63) is 59.1 Å². The van der Waals surface area contributed by atoms with Crippen molar-refractivity contribution in [1.82, 2.24) is 5.32 Å². The van der Waals surface area contributed by atoms with Gasteiger partial charge in [-0.25, -0.2) is 0 Å². The van der Waals surface area contributed by atoms with E-state index in [2.05, 4.69) is 10.6 Å². The van der Waals surface area contributed by atoms with E-state index in [0.29, 0.717) is 41.8 Å². The molecule has 0 heterocycles. The second kappa shape index (κ2) is 9.98. The first-order valence-electron chi connectivity index (χ1n) is 7.78. The zero-order valence-electron chi connectivity index (χ0n) is 13.8. The van der Waals surface area contributed by atoms with Gasteiger partial charge < -0.3 is 14.8 Å². The maximum absolute atomic E-state index is 12.5. The van der Waals surface area contributed by atoms with Crippen molar-refractivity contribution in [2.24, 2.45) is 0 Å². The highest BCUT2D eigenvalue weighted by atomic mass is 35.5. The minimum Gasteiger partial charge on any atom is -0.490 e. The first-order valence-corrected chi connectivity index (χ1v) is 8.57. The lowest BCUT2D eigenvalue weighted by Crippen LogP contribution is -2.34. The molecular formula is C18H19ClN2O3S. The number of benzene rings is 2. The summed E-state index contributed by atoms with van der Waals surface area (Å²) in [7, 11) is 0. The molecule has 2 N–H and O–H groups in total. The Morgan fingerprint density at radius 2 is 1.84 bits per heavy atom. The Hall–Kier alpha value is -2.15. The van der Waals surface area contributed by atoms with E-state index in [-0.39, 0.29) is 11.0 Å². The summed E-state index contributed by atoms with van der Waals surface area (Å²) >= 11 is 11.2. The topological polar surface area (TPSA) is 59.6 Å². The molecule has 0 aliphatic heterocycles. The summed E-state index contributed by atoms with van der Waals surface area (Å²) in [5.41, 5.74) is 1.01. The van der Waals surface area contributed by atoms with Crippen molar-refractivity contribution in [3.63, 3.8) is 0 Å². The van der Waals surface area contributed by atoms with Gasteiger partial charge in [-0.3, -0.25) is 10.1 Å². The predicted molar refractivity (Wildman–Crippen MR) is 104 cm³/mol. The maximum atomic E-state index is 12.5. The zero-order valence-corrected chi connectivity index (χ0v) is 15.3. The molecule has 0 aliphatic rings. The predicted octanol–water partition coefficient (Wildman–Crippen LogP) is 3.88. The van der Waals surface area contributed by atoms with Crippen molar-refractivity contribution in [2.45, 2.75) is 6.92 Å². The second-order valence-corrected chi connectivity index (χ2v) is 5.75. The number of thiocarbonyl (C=S) groups is 1. The van der Waals surface area contributed by atoms with Crippen LogP contribution in [0.5, 0.6) is 5.75 Å². The fourth-order valence-electron chi connectivity index (χ4n) is 2.02. The van der Waals surface area contributed by atoms with Gasteiger partial charge in [0.15, 0.2) is 5.11 Å². The smallest absolute Gasteiger partial charge is 0.261 e. The first kappa shape index (κ1) is 19.2. The number of nitrogens with one attached hydrogen (secondary N) is 2. The fraction of sp³-hybridized carbons (Fsp3) is 0.222. The van der Waals surface area contributed by atoms with Crippen LogP contribution < -0.4 is 15.4 Å². The molecule has 1 amide bonds. The molecule has 7 heteroatoms. The summed E-state index contributed by atoms with van der Waals surface area (Å²) in [6, 6.07) is 14.1. The van der Waals surface area contributed by atoms with Crippen molar-refractivity contribution in [1.29, 1.82) is 0 Å². The summed E-state index contributed by atoms with van der Waals surface area (Å²) in [4.78, 5) is 12.5. The van der Waals surface area contributed by atoms with Crippen LogP contribution in [0.25, 0.3) is 0 Å². The summed E-state index contributed by atoms with van der Waals surface area (Å²) < 4.78 is 10.8. The number of ether oxygens (including phenoxy) is 2. The van der Waals surface area contributed by atoms with Gasteiger partial charge in [-0.15, -0.1) is 0 Å². The Balaban J connectivity index is 1.98. The Morgan fingerprint density at radius 3 is 2.60 bits per heavy atom. The molecule has 25 heavy (non-hydrogen) atoms. The van der Waals surface area contributed by atoms with Gasteiger partial charge in [0.25, 0.3) is 5.91 Å². The largest absolute Gasteiger partial charge is 0.490 e. The van der Waals surface area contributed by atoms with Crippen LogP contribution in [-0.2, 0) is 4.74 Å². The summed E-state index contributed by atoms with van der Waals surface area (Å²) in [6.07, 6.45) is 0. The number of halogens is 1. The molecule has 0 aliphatic carbocycles. The van der Waals surface area contributed by atoms with Crippen LogP contribution in [0.4, 0.5) is 5.69 Å². The molecule has 0 radical (unpaired) electrons. The Bertz CT molecular complexity index is 740. The van der Waals surface area contributed by atoms with Gasteiger partial charge in [0, 0.05) is 6.61 Å². The number of anilines is 1. The van der Waals surface area contributed by atoms with Crippen LogP contribution in [0, 0.1) is 0 Å². The molecule has 2 aromatic carbocycles. The van der Waals surface area contributed by atoms with Gasteiger partial charge in [0.2, 0.25) is 0 Å². The number of carbonyl (C=O) groups excluding carboxylic acids is 1. The fourth-order valence-corrected chi connectivity index (χ4v) is 2.41. The third-order valence-corrected chi connectivity index (χ3v) is 3.70. The standard InChI is InChI=1S/C18H19ClN2O3S/c1-2-23-11-12-24-16-10-6-3-7-13(16)17(22)21-18(25)20-15-9-5-4-8-14(15)19/h3-10H,2,11-12H2,1H3,(H2,20,21,22,25). The highest BCUT2D eigenvalue weighted by Crippen LogP contribution is 2.21. The minimum atomic E-state index is -0.364. The van der Waals surface area contributed by atoms with Gasteiger partial charge in [0.1, 0.15) is 12.4 Å².